The van der Waals surface area contributed by atoms with Crippen molar-refractivity contribution in [3.8, 4) is 0 Å². The van der Waals surface area contributed by atoms with Crippen molar-refractivity contribution in [1.82, 2.24) is 9.80 Å². The van der Waals surface area contributed by atoms with E-state index in [4.69, 9.17) is 5.73 Å². The minimum Gasteiger partial charge on any atom is -0.324 e. The molecule has 1 aliphatic rings. The van der Waals surface area contributed by atoms with E-state index in [1.165, 1.54) is 0 Å². The minimum absolute atomic E-state index is 0. The standard InChI is InChI=1S/C17H26F3N3.ClH/c1-16(2,21)13-23-9-3-8-22(10-11-23)12-14-4-6-15(7-5-14)17(18,19)20;/h4-7H,3,8-13,21H2,1-2H3;1H. The van der Waals surface area contributed by atoms with E-state index in [0.29, 0.717) is 6.54 Å². The molecule has 138 valence electrons. The summed E-state index contributed by atoms with van der Waals surface area (Å²) in [5.41, 5.74) is 6.20. The molecule has 0 spiro atoms. The van der Waals surface area contributed by atoms with Gasteiger partial charge in [0.25, 0.3) is 0 Å². The number of benzene rings is 1. The van der Waals surface area contributed by atoms with E-state index in [2.05, 4.69) is 9.80 Å². The average molecular weight is 366 g/mol. The maximum absolute atomic E-state index is 12.6. The van der Waals surface area contributed by atoms with Crippen LogP contribution in [-0.4, -0.2) is 48.1 Å². The molecule has 7 heteroatoms. The molecular formula is C17H27ClF3N3. The predicted octanol–water partition coefficient (Wildman–Crippen LogP) is 3.37. The quantitative estimate of drug-likeness (QED) is 0.887. The van der Waals surface area contributed by atoms with Crippen LogP contribution in [0.3, 0.4) is 0 Å². The maximum atomic E-state index is 12.6. The number of nitrogens with zero attached hydrogens (tertiary/aromatic N) is 2. The summed E-state index contributed by atoms with van der Waals surface area (Å²) in [7, 11) is 0. The van der Waals surface area contributed by atoms with Crippen molar-refractivity contribution in [3.63, 3.8) is 0 Å². The highest BCUT2D eigenvalue weighted by molar-refractivity contribution is 5.85. The molecule has 3 nitrogen and oxygen atoms in total. The molecule has 0 bridgehead atoms. The van der Waals surface area contributed by atoms with Gasteiger partial charge in [-0.2, -0.15) is 13.2 Å². The van der Waals surface area contributed by atoms with E-state index in [1.807, 2.05) is 13.8 Å². The molecule has 0 unspecified atom stereocenters. The first kappa shape index (κ1) is 21.2. The molecule has 2 rings (SSSR count). The molecule has 0 aromatic heterocycles. The Bertz CT molecular complexity index is 497. The Morgan fingerprint density at radius 1 is 0.958 bits per heavy atom. The number of rotatable bonds is 4. The normalized spacial score (nSPS) is 18.1. The van der Waals surface area contributed by atoms with Gasteiger partial charge in [-0.05, 0) is 51.1 Å². The highest BCUT2D eigenvalue weighted by Crippen LogP contribution is 2.29. The smallest absolute Gasteiger partial charge is 0.324 e. The minimum atomic E-state index is -4.27. The number of alkyl halides is 3. The Morgan fingerprint density at radius 2 is 1.50 bits per heavy atom. The zero-order valence-corrected chi connectivity index (χ0v) is 15.1. The molecule has 0 saturated carbocycles. The lowest BCUT2D eigenvalue weighted by Crippen LogP contribution is -2.46. The van der Waals surface area contributed by atoms with Crippen LogP contribution in [0.25, 0.3) is 0 Å². The van der Waals surface area contributed by atoms with Crippen LogP contribution in [-0.2, 0) is 12.7 Å². The van der Waals surface area contributed by atoms with Crippen LogP contribution in [0.1, 0.15) is 31.4 Å². The zero-order chi connectivity index (χ0) is 17.1. The Hall–Kier alpha value is -0.820. The number of halogens is 4. The third kappa shape index (κ3) is 6.97. The molecule has 0 amide bonds. The number of hydrogen-bond donors (Lipinski definition) is 1. The summed E-state index contributed by atoms with van der Waals surface area (Å²) in [4.78, 5) is 4.67. The van der Waals surface area contributed by atoms with Gasteiger partial charge >= 0.3 is 6.18 Å². The van der Waals surface area contributed by atoms with Crippen molar-refractivity contribution in [2.24, 2.45) is 5.73 Å². The molecule has 1 aliphatic heterocycles. The van der Waals surface area contributed by atoms with Crippen LogP contribution >= 0.6 is 12.4 Å². The van der Waals surface area contributed by atoms with Gasteiger partial charge in [0.2, 0.25) is 0 Å². The lowest BCUT2D eigenvalue weighted by atomic mass is 10.1. The van der Waals surface area contributed by atoms with Gasteiger partial charge in [-0.25, -0.2) is 0 Å². The van der Waals surface area contributed by atoms with Crippen LogP contribution in [0, 0.1) is 0 Å². The summed E-state index contributed by atoms with van der Waals surface area (Å²) < 4.78 is 37.8. The van der Waals surface area contributed by atoms with Gasteiger partial charge in [-0.15, -0.1) is 12.4 Å². The SMILES string of the molecule is CC(C)(N)CN1CCCN(Cc2ccc(C(F)(F)F)cc2)CC1.Cl. The van der Waals surface area contributed by atoms with Crippen molar-refractivity contribution < 1.29 is 13.2 Å². The first-order valence-electron chi connectivity index (χ1n) is 8.03. The molecular weight excluding hydrogens is 339 g/mol. The van der Waals surface area contributed by atoms with E-state index < -0.39 is 11.7 Å². The second kappa shape index (κ2) is 8.52. The van der Waals surface area contributed by atoms with Crippen molar-refractivity contribution in [2.75, 3.05) is 32.7 Å². The average Bonchev–Trinajstić information content (AvgIpc) is 2.62. The van der Waals surface area contributed by atoms with Crippen molar-refractivity contribution in [2.45, 2.75) is 38.5 Å². The molecule has 1 aromatic rings. The zero-order valence-electron chi connectivity index (χ0n) is 14.3. The van der Waals surface area contributed by atoms with Crippen LogP contribution < -0.4 is 5.73 Å². The molecule has 24 heavy (non-hydrogen) atoms. The van der Waals surface area contributed by atoms with Gasteiger partial charge in [-0.1, -0.05) is 12.1 Å². The van der Waals surface area contributed by atoms with Crippen molar-refractivity contribution in [3.05, 3.63) is 35.4 Å². The highest BCUT2D eigenvalue weighted by Gasteiger charge is 2.30. The number of hydrogen-bond acceptors (Lipinski definition) is 3. The Balaban J connectivity index is 0.00000288. The second-order valence-electron chi connectivity index (χ2n) is 7.09. The molecule has 2 N–H and O–H groups in total. The highest BCUT2D eigenvalue weighted by atomic mass is 35.5. The molecule has 1 fully saturated rings. The van der Waals surface area contributed by atoms with Gasteiger partial charge in [0.05, 0.1) is 5.56 Å². The molecule has 0 radical (unpaired) electrons. The van der Waals surface area contributed by atoms with E-state index in [9.17, 15) is 13.2 Å². The third-order valence-electron chi connectivity index (χ3n) is 4.00. The van der Waals surface area contributed by atoms with Gasteiger partial charge in [0, 0.05) is 31.7 Å². The van der Waals surface area contributed by atoms with Crippen LogP contribution in [0.15, 0.2) is 24.3 Å². The fraction of sp³-hybridized carbons (Fsp3) is 0.647. The summed E-state index contributed by atoms with van der Waals surface area (Å²) in [6, 6.07) is 5.48. The van der Waals surface area contributed by atoms with E-state index in [-0.39, 0.29) is 17.9 Å². The van der Waals surface area contributed by atoms with Gasteiger partial charge in [0.15, 0.2) is 0 Å². The van der Waals surface area contributed by atoms with E-state index in [1.54, 1.807) is 12.1 Å². The molecule has 1 heterocycles. The van der Waals surface area contributed by atoms with Crippen LogP contribution in [0.5, 0.6) is 0 Å². The van der Waals surface area contributed by atoms with E-state index in [0.717, 1.165) is 56.8 Å². The Labute approximate surface area is 148 Å². The fourth-order valence-corrected chi connectivity index (χ4v) is 2.97. The Kier molecular flexibility index (Phi) is 7.53. The molecule has 0 atom stereocenters. The molecule has 1 saturated heterocycles. The van der Waals surface area contributed by atoms with Gasteiger partial charge < -0.3 is 10.6 Å². The molecule has 0 aliphatic carbocycles. The van der Waals surface area contributed by atoms with Gasteiger partial charge in [0.1, 0.15) is 0 Å². The summed E-state index contributed by atoms with van der Waals surface area (Å²) in [5.74, 6) is 0. The fourth-order valence-electron chi connectivity index (χ4n) is 2.97. The van der Waals surface area contributed by atoms with Crippen molar-refractivity contribution in [1.29, 1.82) is 0 Å². The molecule has 1 aromatic carbocycles. The number of nitrogens with two attached hydrogens (primary N) is 1. The lowest BCUT2D eigenvalue weighted by Gasteiger charge is -2.28. The summed E-state index contributed by atoms with van der Waals surface area (Å²) >= 11 is 0. The monoisotopic (exact) mass is 365 g/mol. The summed E-state index contributed by atoms with van der Waals surface area (Å²) in [5, 5.41) is 0. The van der Waals surface area contributed by atoms with Crippen LogP contribution in [0.4, 0.5) is 13.2 Å². The maximum Gasteiger partial charge on any atom is 0.416 e. The lowest BCUT2D eigenvalue weighted by molar-refractivity contribution is -0.137. The van der Waals surface area contributed by atoms with Crippen LogP contribution in [0.2, 0.25) is 0 Å². The predicted molar refractivity (Wildman–Crippen MR) is 93.3 cm³/mol. The largest absolute Gasteiger partial charge is 0.416 e. The van der Waals surface area contributed by atoms with Crippen molar-refractivity contribution >= 4 is 12.4 Å². The van der Waals surface area contributed by atoms with Gasteiger partial charge in [-0.3, -0.25) is 4.90 Å². The summed E-state index contributed by atoms with van der Waals surface area (Å²) in [6.45, 7) is 9.44. The Morgan fingerprint density at radius 3 is 2.04 bits per heavy atom. The van der Waals surface area contributed by atoms with E-state index >= 15 is 0 Å². The first-order chi connectivity index (χ1) is 10.6. The second-order valence-corrected chi connectivity index (χ2v) is 7.09. The third-order valence-corrected chi connectivity index (χ3v) is 4.00. The topological polar surface area (TPSA) is 32.5 Å². The first-order valence-corrected chi connectivity index (χ1v) is 8.03. The summed E-state index contributed by atoms with van der Waals surface area (Å²) in [6.07, 6.45) is -3.21.